The summed E-state index contributed by atoms with van der Waals surface area (Å²) < 4.78 is 0. The Morgan fingerprint density at radius 2 is 1.68 bits per heavy atom. The van der Waals surface area contributed by atoms with Crippen LogP contribution in [0, 0.1) is 29.6 Å². The van der Waals surface area contributed by atoms with Crippen molar-refractivity contribution in [3.05, 3.63) is 0 Å². The predicted octanol–water partition coefficient (Wildman–Crippen LogP) is 2.04. The van der Waals surface area contributed by atoms with Crippen LogP contribution in [0.3, 0.4) is 0 Å². The van der Waals surface area contributed by atoms with Crippen LogP contribution in [0.5, 0.6) is 0 Å². The van der Waals surface area contributed by atoms with Gasteiger partial charge < -0.3 is 10.0 Å². The van der Waals surface area contributed by atoms with Gasteiger partial charge in [-0.05, 0) is 68.6 Å². The minimum Gasteiger partial charge on any atom is -0.394 e. The van der Waals surface area contributed by atoms with E-state index in [2.05, 4.69) is 0 Å². The summed E-state index contributed by atoms with van der Waals surface area (Å²) in [7, 11) is 0. The predicted molar refractivity (Wildman–Crippen MR) is 72.4 cm³/mol. The van der Waals surface area contributed by atoms with E-state index in [1.54, 1.807) is 0 Å². The first kappa shape index (κ1) is 12.2. The zero-order chi connectivity index (χ0) is 13.0. The number of hydrogen-bond donors (Lipinski definition) is 1. The molecule has 5 rings (SSSR count). The molecule has 3 heteroatoms. The third-order valence-electron chi connectivity index (χ3n) is 6.38. The van der Waals surface area contributed by atoms with Gasteiger partial charge in [-0.2, -0.15) is 0 Å². The first-order valence-corrected chi connectivity index (χ1v) is 8.17. The summed E-state index contributed by atoms with van der Waals surface area (Å²) in [5.41, 5.74) is 0. The van der Waals surface area contributed by atoms with E-state index in [0.717, 1.165) is 31.2 Å². The highest BCUT2D eigenvalue weighted by molar-refractivity contribution is 5.80. The van der Waals surface area contributed by atoms with Gasteiger partial charge in [0.2, 0.25) is 5.91 Å². The van der Waals surface area contributed by atoms with Crippen LogP contribution in [0.2, 0.25) is 0 Å². The van der Waals surface area contributed by atoms with E-state index < -0.39 is 0 Å². The smallest absolute Gasteiger partial charge is 0.226 e. The Bertz CT molecular complexity index is 353. The van der Waals surface area contributed by atoms with E-state index in [0.29, 0.717) is 23.7 Å². The van der Waals surface area contributed by atoms with E-state index in [9.17, 15) is 9.90 Å². The Labute approximate surface area is 115 Å². The Morgan fingerprint density at radius 1 is 1.05 bits per heavy atom. The molecular formula is C16H25NO2. The summed E-state index contributed by atoms with van der Waals surface area (Å²) in [6.45, 7) is 1.03. The maximum absolute atomic E-state index is 12.9. The van der Waals surface area contributed by atoms with E-state index in [1.807, 2.05) is 4.90 Å². The SMILES string of the molecule is O=C(C1C2CC3CC(C2)CC1C3)N1CCCC1CO. The fraction of sp³-hybridized carbons (Fsp3) is 0.938. The van der Waals surface area contributed by atoms with Gasteiger partial charge in [0.15, 0.2) is 0 Å². The van der Waals surface area contributed by atoms with E-state index >= 15 is 0 Å². The summed E-state index contributed by atoms with van der Waals surface area (Å²) >= 11 is 0. The van der Waals surface area contributed by atoms with Crippen LogP contribution in [0.25, 0.3) is 0 Å². The molecule has 0 radical (unpaired) electrons. The lowest BCUT2D eigenvalue weighted by atomic mass is 9.51. The summed E-state index contributed by atoms with van der Waals surface area (Å²) in [6, 6.07) is 0.115. The molecule has 1 unspecified atom stereocenters. The zero-order valence-electron chi connectivity index (χ0n) is 11.6. The van der Waals surface area contributed by atoms with Gasteiger partial charge in [0.05, 0.1) is 12.6 Å². The number of nitrogens with zero attached hydrogens (tertiary/aromatic N) is 1. The molecular weight excluding hydrogens is 238 g/mol. The molecule has 4 bridgehead atoms. The van der Waals surface area contributed by atoms with Crippen molar-refractivity contribution in [2.75, 3.05) is 13.2 Å². The van der Waals surface area contributed by atoms with E-state index in [4.69, 9.17) is 0 Å². The Balaban J connectivity index is 1.54. The molecule has 106 valence electrons. The topological polar surface area (TPSA) is 40.5 Å². The second-order valence-electron chi connectivity index (χ2n) is 7.47. The van der Waals surface area contributed by atoms with Crippen LogP contribution in [0.1, 0.15) is 44.9 Å². The monoisotopic (exact) mass is 263 g/mol. The van der Waals surface area contributed by atoms with Crippen molar-refractivity contribution in [1.29, 1.82) is 0 Å². The molecule has 1 amide bonds. The molecule has 5 aliphatic rings. The first-order valence-electron chi connectivity index (χ1n) is 8.17. The van der Waals surface area contributed by atoms with Crippen LogP contribution in [0.4, 0.5) is 0 Å². The van der Waals surface area contributed by atoms with Crippen LogP contribution in [0.15, 0.2) is 0 Å². The molecule has 0 aromatic heterocycles. The first-order chi connectivity index (χ1) is 9.26. The highest BCUT2D eigenvalue weighted by Gasteiger charge is 2.52. The number of amides is 1. The number of rotatable bonds is 2. The van der Waals surface area contributed by atoms with Crippen LogP contribution in [-0.4, -0.2) is 35.1 Å². The second kappa shape index (κ2) is 4.47. The minimum absolute atomic E-state index is 0.115. The fourth-order valence-electron chi connectivity index (χ4n) is 5.84. The number of hydrogen-bond acceptors (Lipinski definition) is 2. The minimum atomic E-state index is 0.115. The van der Waals surface area contributed by atoms with Gasteiger partial charge in [-0.15, -0.1) is 0 Å². The van der Waals surface area contributed by atoms with E-state index in [-0.39, 0.29) is 12.6 Å². The molecule has 1 atom stereocenters. The summed E-state index contributed by atoms with van der Waals surface area (Å²) in [5.74, 6) is 3.90. The fourth-order valence-corrected chi connectivity index (χ4v) is 5.84. The van der Waals surface area contributed by atoms with Crippen molar-refractivity contribution in [2.24, 2.45) is 29.6 Å². The second-order valence-corrected chi connectivity index (χ2v) is 7.47. The molecule has 1 saturated heterocycles. The lowest BCUT2D eigenvalue weighted by Gasteiger charge is -2.54. The van der Waals surface area contributed by atoms with Gasteiger partial charge in [0, 0.05) is 12.5 Å². The lowest BCUT2D eigenvalue weighted by Crippen LogP contribution is -2.53. The quantitative estimate of drug-likeness (QED) is 0.828. The molecule has 3 nitrogen and oxygen atoms in total. The van der Waals surface area contributed by atoms with Crippen molar-refractivity contribution in [2.45, 2.75) is 51.0 Å². The third kappa shape index (κ3) is 1.84. The van der Waals surface area contributed by atoms with Crippen molar-refractivity contribution in [3.8, 4) is 0 Å². The van der Waals surface area contributed by atoms with E-state index in [1.165, 1.54) is 32.1 Å². The van der Waals surface area contributed by atoms with Crippen molar-refractivity contribution in [1.82, 2.24) is 4.90 Å². The molecule has 1 N–H and O–H groups in total. The van der Waals surface area contributed by atoms with Gasteiger partial charge in [0.25, 0.3) is 0 Å². The van der Waals surface area contributed by atoms with Crippen molar-refractivity contribution in [3.63, 3.8) is 0 Å². The average Bonchev–Trinajstić information content (AvgIpc) is 2.85. The molecule has 0 aromatic carbocycles. The molecule has 0 aromatic rings. The average molecular weight is 263 g/mol. The van der Waals surface area contributed by atoms with Gasteiger partial charge in [-0.25, -0.2) is 0 Å². The molecule has 4 aliphatic carbocycles. The molecule has 1 heterocycles. The largest absolute Gasteiger partial charge is 0.394 e. The van der Waals surface area contributed by atoms with Gasteiger partial charge in [-0.3, -0.25) is 4.79 Å². The summed E-state index contributed by atoms with van der Waals surface area (Å²) in [5, 5.41) is 9.44. The molecule has 1 aliphatic heterocycles. The molecule has 0 spiro atoms. The number of aliphatic hydroxyl groups excluding tert-OH is 1. The number of aliphatic hydroxyl groups is 1. The number of carbonyl (C=O) groups excluding carboxylic acids is 1. The van der Waals surface area contributed by atoms with Crippen molar-refractivity contribution >= 4 is 5.91 Å². The number of carbonyl (C=O) groups is 1. The zero-order valence-corrected chi connectivity index (χ0v) is 11.6. The third-order valence-corrected chi connectivity index (χ3v) is 6.38. The van der Waals surface area contributed by atoms with Crippen LogP contribution >= 0.6 is 0 Å². The van der Waals surface area contributed by atoms with Gasteiger partial charge in [0.1, 0.15) is 0 Å². The van der Waals surface area contributed by atoms with Crippen LogP contribution < -0.4 is 0 Å². The molecule has 4 saturated carbocycles. The molecule has 5 fully saturated rings. The maximum atomic E-state index is 12.9. The molecule has 19 heavy (non-hydrogen) atoms. The van der Waals surface area contributed by atoms with Crippen molar-refractivity contribution < 1.29 is 9.90 Å². The summed E-state index contributed by atoms with van der Waals surface area (Å²) in [6.07, 6.45) is 8.74. The number of likely N-dealkylation sites (tertiary alicyclic amines) is 1. The van der Waals surface area contributed by atoms with Gasteiger partial charge in [-0.1, -0.05) is 0 Å². The highest BCUT2D eigenvalue weighted by Crippen LogP contribution is 2.57. The Kier molecular flexibility index (Phi) is 2.87. The summed E-state index contributed by atoms with van der Waals surface area (Å²) in [4.78, 5) is 14.9. The Morgan fingerprint density at radius 3 is 2.26 bits per heavy atom. The van der Waals surface area contributed by atoms with Gasteiger partial charge >= 0.3 is 0 Å². The van der Waals surface area contributed by atoms with Crippen LogP contribution in [-0.2, 0) is 4.79 Å². The standard InChI is InChI=1S/C16H25NO2/c18-9-14-2-1-3-17(14)16(19)15-12-5-10-4-11(7-12)8-13(15)6-10/h10-15,18H,1-9H2. The lowest BCUT2D eigenvalue weighted by molar-refractivity contribution is -0.150. The Hall–Kier alpha value is -0.570. The maximum Gasteiger partial charge on any atom is 0.226 e. The highest BCUT2D eigenvalue weighted by atomic mass is 16.3. The normalized spacial score (nSPS) is 47.9.